The number of nitrogens with zero attached hydrogens (tertiary/aromatic N) is 1. The van der Waals surface area contributed by atoms with Gasteiger partial charge < -0.3 is 0 Å². The molecule has 90 valence electrons. The fourth-order valence-electron chi connectivity index (χ4n) is 4.37. The second-order valence-corrected chi connectivity index (χ2v) is 6.19. The summed E-state index contributed by atoms with van der Waals surface area (Å²) < 4.78 is 0. The van der Waals surface area contributed by atoms with Crippen LogP contribution in [0.2, 0.25) is 0 Å². The average molecular weight is 221 g/mol. The van der Waals surface area contributed by atoms with Gasteiger partial charge in [-0.1, -0.05) is 20.3 Å². The first-order valence-corrected chi connectivity index (χ1v) is 6.93. The predicted molar refractivity (Wildman–Crippen MR) is 64.3 cm³/mol. The first-order valence-electron chi connectivity index (χ1n) is 6.93. The first kappa shape index (κ1) is 10.8. The van der Waals surface area contributed by atoms with Crippen molar-refractivity contribution in [3.63, 3.8) is 0 Å². The Morgan fingerprint density at radius 2 is 2.06 bits per heavy atom. The third kappa shape index (κ3) is 1.20. The van der Waals surface area contributed by atoms with Crippen LogP contribution in [-0.4, -0.2) is 29.8 Å². The van der Waals surface area contributed by atoms with Crippen LogP contribution < -0.4 is 0 Å². The van der Waals surface area contributed by atoms with Gasteiger partial charge in [0.05, 0.1) is 6.04 Å². The second kappa shape index (κ2) is 3.32. The smallest absolute Gasteiger partial charge is 0.149 e. The molecule has 0 radical (unpaired) electrons. The van der Waals surface area contributed by atoms with Crippen molar-refractivity contribution in [3.05, 3.63) is 0 Å². The van der Waals surface area contributed by atoms with Gasteiger partial charge in [-0.2, -0.15) is 0 Å². The fraction of sp³-hybridized carbons (Fsp3) is 0.929. The van der Waals surface area contributed by atoms with Crippen molar-refractivity contribution in [1.29, 1.82) is 0 Å². The minimum absolute atomic E-state index is 0.259. The van der Waals surface area contributed by atoms with Crippen LogP contribution in [0, 0.1) is 10.8 Å². The van der Waals surface area contributed by atoms with Crippen LogP contribution in [0.15, 0.2) is 0 Å². The highest BCUT2D eigenvalue weighted by Crippen LogP contribution is 2.77. The van der Waals surface area contributed by atoms with Crippen molar-refractivity contribution < 1.29 is 4.79 Å². The Hall–Kier alpha value is -0.370. The summed E-state index contributed by atoms with van der Waals surface area (Å²) in [4.78, 5) is 14.4. The summed E-state index contributed by atoms with van der Waals surface area (Å²) >= 11 is 0. The van der Waals surface area contributed by atoms with E-state index < -0.39 is 0 Å². The van der Waals surface area contributed by atoms with Gasteiger partial charge in [0.1, 0.15) is 5.78 Å². The van der Waals surface area contributed by atoms with E-state index in [1.807, 2.05) is 6.92 Å². The number of likely N-dealkylation sites (tertiary alicyclic amines) is 1. The van der Waals surface area contributed by atoms with Gasteiger partial charge in [-0.3, -0.25) is 9.69 Å². The van der Waals surface area contributed by atoms with Crippen LogP contribution in [0.4, 0.5) is 0 Å². The molecule has 1 aliphatic heterocycles. The van der Waals surface area contributed by atoms with Gasteiger partial charge in [0.25, 0.3) is 0 Å². The maximum Gasteiger partial charge on any atom is 0.149 e. The highest BCUT2D eigenvalue weighted by Gasteiger charge is 2.72. The molecule has 2 spiro atoms. The minimum atomic E-state index is 0.259. The van der Waals surface area contributed by atoms with Crippen LogP contribution in [0.1, 0.15) is 52.4 Å². The molecule has 2 heteroatoms. The van der Waals surface area contributed by atoms with Crippen LogP contribution in [-0.2, 0) is 4.79 Å². The molecule has 0 aromatic carbocycles. The number of rotatable bonds is 3. The summed E-state index contributed by atoms with van der Waals surface area (Å²) in [5, 5.41) is 0. The summed E-state index contributed by atoms with van der Waals surface area (Å²) in [6.45, 7) is 6.46. The predicted octanol–water partition coefficient (Wildman–Crippen LogP) is 2.62. The normalized spacial score (nSPS) is 40.2. The Kier molecular flexibility index (Phi) is 2.23. The molecule has 1 saturated heterocycles. The molecule has 0 unspecified atom stereocenters. The summed E-state index contributed by atoms with van der Waals surface area (Å²) in [5.41, 5.74) is 1.26. The summed E-state index contributed by atoms with van der Waals surface area (Å²) in [5.74, 6) is 0.472. The molecular formula is C14H23NO. The van der Waals surface area contributed by atoms with Crippen molar-refractivity contribution in [2.24, 2.45) is 10.8 Å². The Bertz CT molecular complexity index is 321. The first-order chi connectivity index (χ1) is 7.66. The Morgan fingerprint density at radius 1 is 1.31 bits per heavy atom. The SMILES string of the molecule is CCC(=O)[C@@H]1C[C@]2(CN1CC)CC21CCC1. The van der Waals surface area contributed by atoms with Gasteiger partial charge in [0.2, 0.25) is 0 Å². The van der Waals surface area contributed by atoms with Crippen molar-refractivity contribution in [1.82, 2.24) is 4.90 Å². The number of Topliss-reactive ketones (excluding diaryl/α,β-unsaturated/α-hetero) is 1. The molecule has 0 amide bonds. The second-order valence-electron chi connectivity index (χ2n) is 6.19. The zero-order valence-electron chi connectivity index (χ0n) is 10.6. The number of hydrogen-bond acceptors (Lipinski definition) is 2. The van der Waals surface area contributed by atoms with E-state index >= 15 is 0 Å². The van der Waals surface area contributed by atoms with Crippen molar-refractivity contribution >= 4 is 5.78 Å². The van der Waals surface area contributed by atoms with Crippen molar-refractivity contribution in [2.75, 3.05) is 13.1 Å². The number of ketones is 1. The lowest BCUT2D eigenvalue weighted by atomic mass is 9.74. The topological polar surface area (TPSA) is 20.3 Å². The van der Waals surface area contributed by atoms with E-state index in [1.165, 1.54) is 38.6 Å². The number of fused-ring (bicyclic) bond motifs is 1. The zero-order valence-corrected chi connectivity index (χ0v) is 10.6. The van der Waals surface area contributed by atoms with E-state index in [-0.39, 0.29) is 6.04 Å². The molecule has 2 aliphatic carbocycles. The molecule has 0 N–H and O–H groups in total. The van der Waals surface area contributed by atoms with Crippen molar-refractivity contribution in [2.45, 2.75) is 58.4 Å². The highest BCUT2D eigenvalue weighted by atomic mass is 16.1. The van der Waals surface area contributed by atoms with Gasteiger partial charge in [0, 0.05) is 13.0 Å². The van der Waals surface area contributed by atoms with E-state index in [0.717, 1.165) is 6.54 Å². The van der Waals surface area contributed by atoms with Gasteiger partial charge in [-0.25, -0.2) is 0 Å². The van der Waals surface area contributed by atoms with E-state index in [1.54, 1.807) is 0 Å². The lowest BCUT2D eigenvalue weighted by molar-refractivity contribution is -0.123. The van der Waals surface area contributed by atoms with Crippen LogP contribution in [0.3, 0.4) is 0 Å². The van der Waals surface area contributed by atoms with Crippen molar-refractivity contribution in [3.8, 4) is 0 Å². The van der Waals surface area contributed by atoms with Crippen LogP contribution in [0.5, 0.6) is 0 Å². The number of hydrogen-bond donors (Lipinski definition) is 0. The highest BCUT2D eigenvalue weighted by molar-refractivity contribution is 5.84. The summed E-state index contributed by atoms with van der Waals surface area (Å²) in [7, 11) is 0. The number of carbonyl (C=O) groups is 1. The molecule has 2 nitrogen and oxygen atoms in total. The maximum atomic E-state index is 12.0. The van der Waals surface area contributed by atoms with Gasteiger partial charge in [-0.05, 0) is 43.1 Å². The standard InChI is InChI=1S/C14H23NO/c1-3-12(16)11-8-14(10-15(11)4-2)9-13(14)6-5-7-13/h11H,3-10H2,1-2H3/t11-,14+/m0/s1. The quantitative estimate of drug-likeness (QED) is 0.730. The molecule has 0 aromatic heterocycles. The number of carbonyl (C=O) groups excluding carboxylic acids is 1. The van der Waals surface area contributed by atoms with E-state index in [4.69, 9.17) is 0 Å². The molecule has 16 heavy (non-hydrogen) atoms. The van der Waals surface area contributed by atoms with Gasteiger partial charge in [-0.15, -0.1) is 0 Å². The summed E-state index contributed by atoms with van der Waals surface area (Å²) in [6, 6.07) is 0.259. The molecule has 3 rings (SSSR count). The number of likely N-dealkylation sites (N-methyl/N-ethyl adjacent to an activating group) is 1. The third-order valence-electron chi connectivity index (χ3n) is 5.64. The minimum Gasteiger partial charge on any atom is -0.298 e. The summed E-state index contributed by atoms with van der Waals surface area (Å²) in [6.07, 6.45) is 7.62. The molecule has 0 aromatic rings. The van der Waals surface area contributed by atoms with Crippen LogP contribution in [0.25, 0.3) is 0 Å². The molecule has 3 fully saturated rings. The molecule has 1 heterocycles. The third-order valence-corrected chi connectivity index (χ3v) is 5.64. The Balaban J connectivity index is 1.76. The van der Waals surface area contributed by atoms with Crippen LogP contribution >= 0.6 is 0 Å². The van der Waals surface area contributed by atoms with Gasteiger partial charge in [0.15, 0.2) is 0 Å². The Labute approximate surface area is 98.4 Å². The molecule has 2 atom stereocenters. The lowest BCUT2D eigenvalue weighted by Crippen LogP contribution is -2.35. The molecular weight excluding hydrogens is 198 g/mol. The Morgan fingerprint density at radius 3 is 2.50 bits per heavy atom. The molecule has 3 aliphatic rings. The zero-order chi connectivity index (χ0) is 11.4. The molecule has 0 bridgehead atoms. The fourth-order valence-corrected chi connectivity index (χ4v) is 4.37. The maximum absolute atomic E-state index is 12.0. The monoisotopic (exact) mass is 221 g/mol. The van der Waals surface area contributed by atoms with E-state index in [2.05, 4.69) is 11.8 Å². The van der Waals surface area contributed by atoms with E-state index in [0.29, 0.717) is 23.0 Å². The largest absolute Gasteiger partial charge is 0.298 e. The lowest BCUT2D eigenvalue weighted by Gasteiger charge is -2.31. The molecule has 2 saturated carbocycles. The average Bonchev–Trinajstić information content (AvgIpc) is 2.75. The van der Waals surface area contributed by atoms with Gasteiger partial charge >= 0.3 is 0 Å². The van der Waals surface area contributed by atoms with E-state index in [9.17, 15) is 4.79 Å².